The third kappa shape index (κ3) is 3.93. The molecule has 0 saturated heterocycles. The average Bonchev–Trinajstić information content (AvgIpc) is 2.96. The molecule has 0 aliphatic heterocycles. The number of alkyl halides is 3. The van der Waals surface area contributed by atoms with E-state index in [9.17, 15) is 21.6 Å². The zero-order chi connectivity index (χ0) is 19.1. The zero-order valence-corrected chi connectivity index (χ0v) is 15.2. The monoisotopic (exact) mass is 391 g/mol. The van der Waals surface area contributed by atoms with Crippen molar-refractivity contribution in [3.8, 4) is 0 Å². The fraction of sp³-hybridized carbons (Fsp3) is 0.600. The Bertz CT molecular complexity index is 877. The SMILES string of the molecule is CN(CC(F)(F)F)S(=O)(=O)C[C@H]1C[C@@H](N(C)c2ncnc3[nH]ccc23)C1. The molecule has 0 radical (unpaired) electrons. The summed E-state index contributed by atoms with van der Waals surface area (Å²) in [5.41, 5.74) is 0.717. The normalized spacial score (nSPS) is 21.2. The molecular formula is C15H20F3N5O2S. The van der Waals surface area contributed by atoms with E-state index in [2.05, 4.69) is 15.0 Å². The Morgan fingerprint density at radius 3 is 2.62 bits per heavy atom. The first kappa shape index (κ1) is 18.9. The van der Waals surface area contributed by atoms with Gasteiger partial charge in [-0.1, -0.05) is 0 Å². The lowest BCUT2D eigenvalue weighted by Crippen LogP contribution is -2.47. The van der Waals surface area contributed by atoms with Crippen molar-refractivity contribution in [3.05, 3.63) is 18.6 Å². The molecule has 11 heteroatoms. The van der Waals surface area contributed by atoms with E-state index in [4.69, 9.17) is 0 Å². The van der Waals surface area contributed by atoms with Gasteiger partial charge >= 0.3 is 6.18 Å². The van der Waals surface area contributed by atoms with Gasteiger partial charge in [-0.05, 0) is 24.8 Å². The van der Waals surface area contributed by atoms with Gasteiger partial charge < -0.3 is 9.88 Å². The number of hydrogen-bond donors (Lipinski definition) is 1. The van der Waals surface area contributed by atoms with Crippen LogP contribution in [0.2, 0.25) is 0 Å². The average molecular weight is 391 g/mol. The first-order valence-corrected chi connectivity index (χ1v) is 9.69. The molecule has 0 spiro atoms. The van der Waals surface area contributed by atoms with E-state index in [-0.39, 0.29) is 17.7 Å². The van der Waals surface area contributed by atoms with Gasteiger partial charge in [-0.2, -0.15) is 17.5 Å². The molecule has 0 atom stereocenters. The Morgan fingerprint density at radius 2 is 1.96 bits per heavy atom. The van der Waals surface area contributed by atoms with Crippen LogP contribution >= 0.6 is 0 Å². The maximum Gasteiger partial charge on any atom is 0.402 e. The highest BCUT2D eigenvalue weighted by molar-refractivity contribution is 7.89. The lowest BCUT2D eigenvalue weighted by molar-refractivity contribution is -0.134. The van der Waals surface area contributed by atoms with E-state index >= 15 is 0 Å². The summed E-state index contributed by atoms with van der Waals surface area (Å²) < 4.78 is 61.8. The van der Waals surface area contributed by atoms with Gasteiger partial charge in [0.2, 0.25) is 10.0 Å². The van der Waals surface area contributed by atoms with E-state index in [1.165, 1.54) is 6.33 Å². The van der Waals surface area contributed by atoms with Crippen LogP contribution in [-0.2, 0) is 10.0 Å². The summed E-state index contributed by atoms with van der Waals surface area (Å²) in [6.07, 6.45) is -0.142. The van der Waals surface area contributed by atoms with Crippen LogP contribution in [0.1, 0.15) is 12.8 Å². The van der Waals surface area contributed by atoms with E-state index in [1.807, 2.05) is 18.0 Å². The number of fused-ring (bicyclic) bond motifs is 1. The third-order valence-electron chi connectivity index (χ3n) is 4.75. The van der Waals surface area contributed by atoms with E-state index in [0.29, 0.717) is 22.8 Å². The Hall–Kier alpha value is -1.88. The highest BCUT2D eigenvalue weighted by atomic mass is 32.2. The molecule has 2 heterocycles. The van der Waals surface area contributed by atoms with Crippen molar-refractivity contribution in [1.29, 1.82) is 0 Å². The number of aromatic amines is 1. The number of anilines is 1. The summed E-state index contributed by atoms with van der Waals surface area (Å²) in [6.45, 7) is -1.46. The van der Waals surface area contributed by atoms with Crippen LogP contribution in [0.5, 0.6) is 0 Å². The minimum atomic E-state index is -4.54. The van der Waals surface area contributed by atoms with Crippen molar-refractivity contribution in [1.82, 2.24) is 19.3 Å². The van der Waals surface area contributed by atoms with Crippen LogP contribution in [0.25, 0.3) is 11.0 Å². The quantitative estimate of drug-likeness (QED) is 0.815. The molecule has 1 aliphatic rings. The van der Waals surface area contributed by atoms with E-state index < -0.39 is 22.7 Å². The minimum absolute atomic E-state index is 0.0936. The van der Waals surface area contributed by atoms with Crippen molar-refractivity contribution < 1.29 is 21.6 Å². The van der Waals surface area contributed by atoms with E-state index in [1.54, 1.807) is 6.20 Å². The van der Waals surface area contributed by atoms with Crippen molar-refractivity contribution in [3.63, 3.8) is 0 Å². The summed E-state index contributed by atoms with van der Waals surface area (Å²) in [5, 5.41) is 0.871. The van der Waals surface area contributed by atoms with Gasteiger partial charge in [-0.15, -0.1) is 0 Å². The predicted octanol–water partition coefficient (Wildman–Crippen LogP) is 2.00. The molecule has 7 nitrogen and oxygen atoms in total. The van der Waals surface area contributed by atoms with Gasteiger partial charge in [0.1, 0.15) is 24.3 Å². The van der Waals surface area contributed by atoms with Crippen LogP contribution in [0.15, 0.2) is 18.6 Å². The Labute approximate surface area is 149 Å². The standard InChI is InChI=1S/C15H20F3N5O2S/c1-22(8-15(16,17)18)26(24,25)7-10-5-11(6-10)23(2)14-12-3-4-19-13(12)20-9-21-14/h3-4,9-11H,5-8H2,1-2H3,(H,19,20,21)/t10-,11+. The molecule has 1 fully saturated rings. The Morgan fingerprint density at radius 1 is 1.27 bits per heavy atom. The first-order chi connectivity index (χ1) is 12.1. The molecule has 2 aromatic rings. The van der Waals surface area contributed by atoms with Gasteiger partial charge in [0.25, 0.3) is 0 Å². The second kappa shape index (κ2) is 6.69. The fourth-order valence-corrected chi connectivity index (χ4v) is 4.71. The molecular weight excluding hydrogens is 371 g/mol. The lowest BCUT2D eigenvalue weighted by atomic mass is 9.81. The number of H-pyrrole nitrogens is 1. The number of halogens is 3. The molecule has 3 rings (SSSR count). The topological polar surface area (TPSA) is 82.2 Å². The third-order valence-corrected chi connectivity index (χ3v) is 6.72. The summed E-state index contributed by atoms with van der Waals surface area (Å²) in [4.78, 5) is 13.4. The first-order valence-electron chi connectivity index (χ1n) is 8.08. The predicted molar refractivity (Wildman–Crippen MR) is 91.3 cm³/mol. The lowest BCUT2D eigenvalue weighted by Gasteiger charge is -2.42. The molecule has 0 amide bonds. The van der Waals surface area contributed by atoms with Crippen LogP contribution in [0.3, 0.4) is 0 Å². The highest BCUT2D eigenvalue weighted by Crippen LogP contribution is 2.36. The van der Waals surface area contributed by atoms with E-state index in [0.717, 1.165) is 18.3 Å². The molecule has 0 unspecified atom stereocenters. The molecule has 1 saturated carbocycles. The molecule has 1 aliphatic carbocycles. The summed E-state index contributed by atoms with van der Waals surface area (Å²) in [7, 11) is -1.09. The summed E-state index contributed by atoms with van der Waals surface area (Å²) >= 11 is 0. The van der Waals surface area contributed by atoms with Gasteiger partial charge in [0, 0.05) is 26.3 Å². The summed E-state index contributed by atoms with van der Waals surface area (Å²) in [5.74, 6) is 0.316. The smallest absolute Gasteiger partial charge is 0.356 e. The zero-order valence-electron chi connectivity index (χ0n) is 14.4. The van der Waals surface area contributed by atoms with Crippen LogP contribution in [0, 0.1) is 5.92 Å². The number of hydrogen-bond acceptors (Lipinski definition) is 5. The fourth-order valence-electron chi connectivity index (χ4n) is 3.24. The maximum atomic E-state index is 12.4. The van der Waals surface area contributed by atoms with Crippen molar-refractivity contribution >= 4 is 26.9 Å². The molecule has 0 bridgehead atoms. The van der Waals surface area contributed by atoms with Crippen LogP contribution < -0.4 is 4.90 Å². The maximum absolute atomic E-state index is 12.4. The number of rotatable bonds is 6. The number of aromatic nitrogens is 3. The van der Waals surface area contributed by atoms with Crippen molar-refractivity contribution in [2.24, 2.45) is 5.92 Å². The Balaban J connectivity index is 1.59. The van der Waals surface area contributed by atoms with Gasteiger partial charge in [0.05, 0.1) is 11.1 Å². The van der Waals surface area contributed by atoms with Gasteiger partial charge in [-0.3, -0.25) is 0 Å². The van der Waals surface area contributed by atoms with Crippen molar-refractivity contribution in [2.45, 2.75) is 25.1 Å². The molecule has 26 heavy (non-hydrogen) atoms. The molecule has 0 aromatic carbocycles. The van der Waals surface area contributed by atoms with Gasteiger partial charge in [-0.25, -0.2) is 18.4 Å². The highest BCUT2D eigenvalue weighted by Gasteiger charge is 2.39. The molecule has 1 N–H and O–H groups in total. The van der Waals surface area contributed by atoms with Crippen molar-refractivity contribution in [2.75, 3.05) is 31.3 Å². The number of nitrogens with zero attached hydrogens (tertiary/aromatic N) is 4. The van der Waals surface area contributed by atoms with Crippen LogP contribution in [0.4, 0.5) is 19.0 Å². The minimum Gasteiger partial charge on any atom is -0.356 e. The second-order valence-corrected chi connectivity index (χ2v) is 8.81. The molecule has 144 valence electrons. The number of nitrogens with one attached hydrogen (secondary N) is 1. The summed E-state index contributed by atoms with van der Waals surface area (Å²) in [6, 6.07) is 1.96. The Kier molecular flexibility index (Phi) is 4.86. The molecule has 2 aromatic heterocycles. The van der Waals surface area contributed by atoms with Crippen LogP contribution in [-0.4, -0.2) is 66.3 Å². The number of sulfonamides is 1. The second-order valence-electron chi connectivity index (χ2n) is 6.69. The van der Waals surface area contributed by atoms with Gasteiger partial charge in [0.15, 0.2) is 0 Å². The largest absolute Gasteiger partial charge is 0.402 e.